The second-order valence-electron chi connectivity index (χ2n) is 9.23. The van der Waals surface area contributed by atoms with Crippen molar-refractivity contribution in [2.24, 2.45) is 5.92 Å². The van der Waals surface area contributed by atoms with Crippen LogP contribution in [0.1, 0.15) is 24.0 Å². The molecule has 2 aromatic carbocycles. The predicted octanol–water partition coefficient (Wildman–Crippen LogP) is 3.17. The number of nitrogens with one attached hydrogen (secondary N) is 1. The van der Waals surface area contributed by atoms with Crippen molar-refractivity contribution in [2.45, 2.75) is 38.3 Å². The minimum atomic E-state index is -0.0921. The Balaban J connectivity index is 1.40. The van der Waals surface area contributed by atoms with Crippen molar-refractivity contribution in [2.75, 3.05) is 49.7 Å². The van der Waals surface area contributed by atoms with E-state index in [-0.39, 0.29) is 24.0 Å². The van der Waals surface area contributed by atoms with E-state index < -0.39 is 0 Å². The largest absolute Gasteiger partial charge is 0.497 e. The molecule has 6 heteroatoms. The van der Waals surface area contributed by atoms with Gasteiger partial charge in [0.2, 0.25) is 5.91 Å². The Bertz CT molecular complexity index is 955. The van der Waals surface area contributed by atoms with Crippen LogP contribution in [-0.4, -0.2) is 57.9 Å². The molecule has 32 heavy (non-hydrogen) atoms. The van der Waals surface area contributed by atoms with E-state index in [0.29, 0.717) is 6.54 Å². The Kier molecular flexibility index (Phi) is 5.96. The summed E-state index contributed by atoms with van der Waals surface area (Å²) >= 11 is 0. The topological polar surface area (TPSA) is 54.0 Å². The van der Waals surface area contributed by atoms with Crippen molar-refractivity contribution in [1.82, 2.24) is 5.32 Å². The molecule has 1 N–H and O–H groups in total. The van der Waals surface area contributed by atoms with E-state index >= 15 is 0 Å². The number of rotatable bonds is 5. The lowest BCUT2D eigenvalue weighted by Gasteiger charge is -2.49. The Labute approximate surface area is 190 Å². The molecule has 1 amide bonds. The third-order valence-corrected chi connectivity index (χ3v) is 7.19. The summed E-state index contributed by atoms with van der Waals surface area (Å²) in [5.74, 6) is 0.915. The average molecular weight is 436 g/mol. The third kappa shape index (κ3) is 4.16. The first-order valence-electron chi connectivity index (χ1n) is 11.8. The number of ether oxygens (including phenoxy) is 2. The standard InChI is InChI=1S/C26H33N3O3/c1-18-5-8-20(9-6-18)28-11-12-29-24-15-21(31-2)10-7-19(24)14-23(25(29)17-28)26(30)27-16-22-4-3-13-32-22/h5-10,15,22-23,25H,3-4,11-14,16-17H2,1-2H3,(H,27,30)/t22-,23+,25-/m1/s1. The van der Waals surface area contributed by atoms with Crippen LogP contribution in [0.3, 0.4) is 0 Å². The lowest BCUT2D eigenvalue weighted by Crippen LogP contribution is -2.61. The number of fused-ring (bicyclic) bond motifs is 3. The average Bonchev–Trinajstić information content (AvgIpc) is 3.35. The second-order valence-corrected chi connectivity index (χ2v) is 9.23. The quantitative estimate of drug-likeness (QED) is 0.782. The minimum absolute atomic E-state index is 0.0921. The maximum Gasteiger partial charge on any atom is 0.225 e. The van der Waals surface area contributed by atoms with Crippen LogP contribution < -0.4 is 19.9 Å². The van der Waals surface area contributed by atoms with Crippen LogP contribution >= 0.6 is 0 Å². The van der Waals surface area contributed by atoms with Gasteiger partial charge in [0.1, 0.15) is 5.75 Å². The number of benzene rings is 2. The van der Waals surface area contributed by atoms with E-state index in [1.165, 1.54) is 22.5 Å². The first kappa shape index (κ1) is 21.1. The summed E-state index contributed by atoms with van der Waals surface area (Å²) in [4.78, 5) is 18.2. The van der Waals surface area contributed by atoms with Gasteiger partial charge in [-0.05, 0) is 49.9 Å². The highest BCUT2D eigenvalue weighted by atomic mass is 16.5. The van der Waals surface area contributed by atoms with Crippen molar-refractivity contribution in [1.29, 1.82) is 0 Å². The van der Waals surface area contributed by atoms with Crippen LogP contribution in [0.15, 0.2) is 42.5 Å². The van der Waals surface area contributed by atoms with Gasteiger partial charge in [-0.2, -0.15) is 0 Å². The fourth-order valence-electron chi connectivity index (χ4n) is 5.35. The zero-order chi connectivity index (χ0) is 22.1. The number of carbonyl (C=O) groups excluding carboxylic acids is 1. The van der Waals surface area contributed by atoms with E-state index in [1.807, 2.05) is 6.07 Å². The maximum absolute atomic E-state index is 13.4. The van der Waals surface area contributed by atoms with E-state index in [2.05, 4.69) is 58.4 Å². The van der Waals surface area contributed by atoms with E-state index in [1.54, 1.807) is 7.11 Å². The number of carbonyl (C=O) groups is 1. The van der Waals surface area contributed by atoms with Crippen LogP contribution in [0.25, 0.3) is 0 Å². The zero-order valence-corrected chi connectivity index (χ0v) is 19.0. The van der Waals surface area contributed by atoms with Crippen molar-refractivity contribution >= 4 is 17.3 Å². The van der Waals surface area contributed by atoms with Crippen LogP contribution in [0.4, 0.5) is 11.4 Å². The Morgan fingerprint density at radius 3 is 2.78 bits per heavy atom. The smallest absolute Gasteiger partial charge is 0.225 e. The van der Waals surface area contributed by atoms with Crippen molar-refractivity contribution in [3.63, 3.8) is 0 Å². The van der Waals surface area contributed by atoms with Gasteiger partial charge < -0.3 is 24.6 Å². The molecule has 5 rings (SSSR count). The zero-order valence-electron chi connectivity index (χ0n) is 19.0. The first-order chi connectivity index (χ1) is 15.6. The molecule has 3 aliphatic heterocycles. The summed E-state index contributed by atoms with van der Waals surface area (Å²) in [6, 6.07) is 15.1. The molecular weight excluding hydrogens is 402 g/mol. The molecule has 0 bridgehead atoms. The Morgan fingerprint density at radius 2 is 2.03 bits per heavy atom. The first-order valence-corrected chi connectivity index (χ1v) is 11.8. The number of hydrogen-bond donors (Lipinski definition) is 1. The molecule has 0 aliphatic carbocycles. The number of nitrogens with zero attached hydrogens (tertiary/aromatic N) is 2. The van der Waals surface area contributed by atoms with Crippen LogP contribution in [0.5, 0.6) is 5.75 Å². The molecule has 2 saturated heterocycles. The maximum atomic E-state index is 13.4. The van der Waals surface area contributed by atoms with Crippen LogP contribution in [-0.2, 0) is 16.0 Å². The molecule has 2 aromatic rings. The van der Waals surface area contributed by atoms with E-state index in [4.69, 9.17) is 9.47 Å². The van der Waals surface area contributed by atoms with E-state index in [0.717, 1.165) is 51.3 Å². The van der Waals surface area contributed by atoms with Crippen LogP contribution in [0.2, 0.25) is 0 Å². The number of hydrogen-bond acceptors (Lipinski definition) is 5. The normalized spacial score (nSPS) is 24.6. The van der Waals surface area contributed by atoms with Crippen LogP contribution in [0, 0.1) is 12.8 Å². The predicted molar refractivity (Wildman–Crippen MR) is 127 cm³/mol. The SMILES string of the molecule is COc1ccc2c(c1)N1CCN(c3ccc(C)cc3)C[C@@H]1[C@@H](C(=O)NC[C@H]1CCCO1)C2. The van der Waals surface area contributed by atoms with Gasteiger partial charge in [0.05, 0.1) is 25.2 Å². The Morgan fingerprint density at radius 1 is 1.19 bits per heavy atom. The van der Waals surface area contributed by atoms with Gasteiger partial charge in [0.25, 0.3) is 0 Å². The number of anilines is 2. The fourth-order valence-corrected chi connectivity index (χ4v) is 5.35. The summed E-state index contributed by atoms with van der Waals surface area (Å²) in [6.07, 6.45) is 3.02. The van der Waals surface area contributed by atoms with Crippen molar-refractivity contribution in [3.8, 4) is 5.75 Å². The highest BCUT2D eigenvalue weighted by Gasteiger charge is 2.42. The summed E-state index contributed by atoms with van der Waals surface area (Å²) in [6.45, 7) is 6.17. The van der Waals surface area contributed by atoms with Gasteiger partial charge in [-0.25, -0.2) is 0 Å². The summed E-state index contributed by atoms with van der Waals surface area (Å²) in [5, 5.41) is 3.21. The molecule has 3 aliphatic rings. The van der Waals surface area contributed by atoms with Gasteiger partial charge in [-0.3, -0.25) is 4.79 Å². The lowest BCUT2D eigenvalue weighted by molar-refractivity contribution is -0.126. The third-order valence-electron chi connectivity index (χ3n) is 7.19. The summed E-state index contributed by atoms with van der Waals surface area (Å²) in [5.41, 5.74) is 4.92. The molecule has 0 unspecified atom stereocenters. The van der Waals surface area contributed by atoms with Gasteiger partial charge in [-0.1, -0.05) is 23.8 Å². The molecule has 6 nitrogen and oxygen atoms in total. The summed E-state index contributed by atoms with van der Waals surface area (Å²) in [7, 11) is 1.71. The molecule has 0 aromatic heterocycles. The molecule has 170 valence electrons. The molecule has 0 radical (unpaired) electrons. The highest BCUT2D eigenvalue weighted by molar-refractivity contribution is 5.82. The number of amides is 1. The van der Waals surface area contributed by atoms with Gasteiger partial charge >= 0.3 is 0 Å². The molecule has 3 atom stereocenters. The van der Waals surface area contributed by atoms with Crippen molar-refractivity contribution < 1.29 is 14.3 Å². The molecule has 2 fully saturated rings. The monoisotopic (exact) mass is 435 g/mol. The highest BCUT2D eigenvalue weighted by Crippen LogP contribution is 2.39. The van der Waals surface area contributed by atoms with Crippen molar-refractivity contribution in [3.05, 3.63) is 53.6 Å². The second kappa shape index (κ2) is 9.02. The number of aryl methyl sites for hydroxylation is 1. The number of methoxy groups -OCH3 is 1. The molecule has 3 heterocycles. The lowest BCUT2D eigenvalue weighted by atomic mass is 9.83. The molecule has 0 spiro atoms. The summed E-state index contributed by atoms with van der Waals surface area (Å²) < 4.78 is 11.2. The van der Waals surface area contributed by atoms with E-state index in [9.17, 15) is 4.79 Å². The van der Waals surface area contributed by atoms with Gasteiger partial charge in [0, 0.05) is 50.2 Å². The van der Waals surface area contributed by atoms with Gasteiger partial charge in [-0.15, -0.1) is 0 Å². The number of piperazine rings is 1. The van der Waals surface area contributed by atoms with Gasteiger partial charge in [0.15, 0.2) is 0 Å². The molecular formula is C26H33N3O3. The minimum Gasteiger partial charge on any atom is -0.497 e. The Hall–Kier alpha value is -2.73. The molecule has 0 saturated carbocycles. The fraction of sp³-hybridized carbons (Fsp3) is 0.500.